The SMILES string of the molecule is C=C=Cn1c(=O)n(Cc2c(F)cccc2F)c(=O)n(-c2cccc(OC)c2)c1=O. The van der Waals surface area contributed by atoms with Gasteiger partial charge in [0.15, 0.2) is 0 Å². The summed E-state index contributed by atoms with van der Waals surface area (Å²) in [6, 6.07) is 9.16. The molecule has 0 bridgehead atoms. The smallest absolute Gasteiger partial charge is 0.345 e. The second kappa shape index (κ2) is 7.95. The van der Waals surface area contributed by atoms with Gasteiger partial charge in [-0.25, -0.2) is 36.9 Å². The lowest BCUT2D eigenvalue weighted by Crippen LogP contribution is -2.52. The van der Waals surface area contributed by atoms with Crippen LogP contribution in [0.5, 0.6) is 5.75 Å². The van der Waals surface area contributed by atoms with E-state index in [1.54, 1.807) is 12.1 Å². The highest BCUT2D eigenvalue weighted by Crippen LogP contribution is 2.14. The fourth-order valence-corrected chi connectivity index (χ4v) is 2.75. The molecule has 0 aliphatic heterocycles. The van der Waals surface area contributed by atoms with Gasteiger partial charge in [-0.3, -0.25) is 0 Å². The van der Waals surface area contributed by atoms with Crippen LogP contribution in [0.1, 0.15) is 5.56 Å². The molecule has 2 aromatic carbocycles. The van der Waals surface area contributed by atoms with E-state index in [0.29, 0.717) is 19.5 Å². The van der Waals surface area contributed by atoms with E-state index in [2.05, 4.69) is 12.3 Å². The van der Waals surface area contributed by atoms with Gasteiger partial charge >= 0.3 is 17.1 Å². The Morgan fingerprint density at radius 2 is 1.69 bits per heavy atom. The molecule has 1 heterocycles. The van der Waals surface area contributed by atoms with Gasteiger partial charge in [0.25, 0.3) is 0 Å². The summed E-state index contributed by atoms with van der Waals surface area (Å²) < 4.78 is 35.1. The maximum atomic E-state index is 14.1. The van der Waals surface area contributed by atoms with Crippen LogP contribution < -0.4 is 21.8 Å². The third-order valence-electron chi connectivity index (χ3n) is 4.17. The van der Waals surface area contributed by atoms with E-state index in [0.717, 1.165) is 24.4 Å². The summed E-state index contributed by atoms with van der Waals surface area (Å²) in [4.78, 5) is 38.4. The molecule has 0 radical (unpaired) electrons. The molecule has 0 aliphatic rings. The fourth-order valence-electron chi connectivity index (χ4n) is 2.75. The van der Waals surface area contributed by atoms with Gasteiger partial charge in [-0.1, -0.05) is 18.7 Å². The van der Waals surface area contributed by atoms with Gasteiger partial charge in [0.05, 0.1) is 25.5 Å². The predicted octanol–water partition coefficient (Wildman–Crippen LogP) is 1.75. The summed E-state index contributed by atoms with van der Waals surface area (Å²) in [5.74, 6) is -1.50. The Kier molecular flexibility index (Phi) is 5.43. The molecule has 0 saturated carbocycles. The summed E-state index contributed by atoms with van der Waals surface area (Å²) in [6.45, 7) is 2.60. The van der Waals surface area contributed by atoms with Crippen LogP contribution in [0, 0.1) is 11.6 Å². The van der Waals surface area contributed by atoms with Crippen LogP contribution in [0.25, 0.3) is 11.9 Å². The van der Waals surface area contributed by atoms with Crippen LogP contribution in [0.3, 0.4) is 0 Å². The van der Waals surface area contributed by atoms with Crippen LogP contribution in [0.15, 0.2) is 69.2 Å². The van der Waals surface area contributed by atoms with Crippen LogP contribution in [-0.4, -0.2) is 20.8 Å². The summed E-state index contributed by atoms with van der Waals surface area (Å²) in [5.41, 5.74) is -1.24. The van der Waals surface area contributed by atoms with Gasteiger partial charge < -0.3 is 4.74 Å². The molecule has 3 rings (SSSR count). The number of methoxy groups -OCH3 is 1. The zero-order chi connectivity index (χ0) is 21.1. The topological polar surface area (TPSA) is 75.2 Å². The second-order valence-electron chi connectivity index (χ2n) is 5.87. The van der Waals surface area contributed by atoms with Crippen molar-refractivity contribution < 1.29 is 13.5 Å². The van der Waals surface area contributed by atoms with Crippen LogP contribution >= 0.6 is 0 Å². The molecule has 0 atom stereocenters. The Morgan fingerprint density at radius 3 is 2.31 bits per heavy atom. The molecule has 3 aromatic rings. The van der Waals surface area contributed by atoms with E-state index < -0.39 is 40.8 Å². The first-order valence-corrected chi connectivity index (χ1v) is 8.30. The molecule has 29 heavy (non-hydrogen) atoms. The van der Waals surface area contributed by atoms with E-state index >= 15 is 0 Å². The molecule has 0 fully saturated rings. The summed E-state index contributed by atoms with van der Waals surface area (Å²) in [5, 5.41) is 0. The highest BCUT2D eigenvalue weighted by molar-refractivity contribution is 5.39. The van der Waals surface area contributed by atoms with E-state index in [4.69, 9.17) is 4.74 Å². The molecule has 1 aromatic heterocycles. The maximum Gasteiger partial charge on any atom is 0.345 e. The van der Waals surface area contributed by atoms with Crippen molar-refractivity contribution in [2.45, 2.75) is 6.54 Å². The van der Waals surface area contributed by atoms with Gasteiger partial charge in [0, 0.05) is 11.6 Å². The van der Waals surface area contributed by atoms with Crippen molar-refractivity contribution >= 4 is 6.20 Å². The van der Waals surface area contributed by atoms with Crippen LogP contribution in [-0.2, 0) is 6.54 Å². The first kappa shape index (κ1) is 19.8. The van der Waals surface area contributed by atoms with Gasteiger partial charge in [-0.2, -0.15) is 0 Å². The molecule has 9 heteroatoms. The Hall–Kier alpha value is -3.97. The lowest BCUT2D eigenvalue weighted by Gasteiger charge is -2.13. The van der Waals surface area contributed by atoms with Crippen molar-refractivity contribution in [3.05, 3.63) is 103 Å². The van der Waals surface area contributed by atoms with E-state index in [9.17, 15) is 23.2 Å². The fraction of sp³-hybridized carbons (Fsp3) is 0.100. The molecule has 148 valence electrons. The number of hydrogen-bond acceptors (Lipinski definition) is 4. The number of benzene rings is 2. The Labute approximate surface area is 162 Å². The van der Waals surface area contributed by atoms with Crippen molar-refractivity contribution in [1.82, 2.24) is 13.7 Å². The number of ether oxygens (including phenoxy) is 1. The first-order valence-electron chi connectivity index (χ1n) is 8.30. The quantitative estimate of drug-likeness (QED) is 0.613. The first-order chi connectivity index (χ1) is 13.9. The number of aromatic nitrogens is 3. The van der Waals surface area contributed by atoms with Crippen molar-refractivity contribution in [3.63, 3.8) is 0 Å². The highest BCUT2D eigenvalue weighted by atomic mass is 19.1. The average Bonchev–Trinajstić information content (AvgIpc) is 2.70. The van der Waals surface area contributed by atoms with Gasteiger partial charge in [0.1, 0.15) is 17.4 Å². The van der Waals surface area contributed by atoms with Crippen molar-refractivity contribution in [2.75, 3.05) is 7.11 Å². The summed E-state index contributed by atoms with van der Waals surface area (Å²) >= 11 is 0. The standard InChI is InChI=1S/C20H15F2N3O4/c1-3-10-23-18(26)24(12-15-16(21)8-5-9-17(15)22)20(28)25(19(23)27)13-6-4-7-14(11-13)29-2/h4-11H,1,12H2,2H3. The molecule has 0 amide bonds. The summed E-state index contributed by atoms with van der Waals surface area (Å²) in [6.07, 6.45) is 0.939. The zero-order valence-electron chi connectivity index (χ0n) is 15.3. The molecular weight excluding hydrogens is 384 g/mol. The third-order valence-corrected chi connectivity index (χ3v) is 4.17. The third kappa shape index (κ3) is 3.59. The normalized spacial score (nSPS) is 10.4. The predicted molar refractivity (Wildman–Crippen MR) is 102 cm³/mol. The molecule has 0 spiro atoms. The number of rotatable bonds is 5. The average molecular weight is 399 g/mol. The number of nitrogens with zero attached hydrogens (tertiary/aromatic N) is 3. The Morgan fingerprint density at radius 1 is 1.03 bits per heavy atom. The molecule has 0 N–H and O–H groups in total. The molecule has 0 saturated heterocycles. The molecule has 0 aliphatic carbocycles. The van der Waals surface area contributed by atoms with E-state index in [-0.39, 0.29) is 5.69 Å². The van der Waals surface area contributed by atoms with Crippen LogP contribution in [0.2, 0.25) is 0 Å². The minimum absolute atomic E-state index is 0.105. The lowest BCUT2D eigenvalue weighted by atomic mass is 10.2. The largest absolute Gasteiger partial charge is 0.497 e. The lowest BCUT2D eigenvalue weighted by molar-refractivity contribution is 0.414. The van der Waals surface area contributed by atoms with Crippen LogP contribution in [0.4, 0.5) is 8.78 Å². The Balaban J connectivity index is 2.36. The van der Waals surface area contributed by atoms with Crippen molar-refractivity contribution in [3.8, 4) is 11.4 Å². The second-order valence-corrected chi connectivity index (χ2v) is 5.87. The van der Waals surface area contributed by atoms with Crippen molar-refractivity contribution in [1.29, 1.82) is 0 Å². The zero-order valence-corrected chi connectivity index (χ0v) is 15.3. The molecule has 0 unspecified atom stereocenters. The van der Waals surface area contributed by atoms with Gasteiger partial charge in [-0.15, -0.1) is 5.73 Å². The number of hydrogen-bond donors (Lipinski definition) is 0. The highest BCUT2D eigenvalue weighted by Gasteiger charge is 2.19. The van der Waals surface area contributed by atoms with Crippen molar-refractivity contribution in [2.24, 2.45) is 0 Å². The van der Waals surface area contributed by atoms with E-state index in [1.165, 1.54) is 19.2 Å². The van der Waals surface area contributed by atoms with Gasteiger partial charge in [0.2, 0.25) is 0 Å². The minimum atomic E-state index is -1.09. The summed E-state index contributed by atoms with van der Waals surface area (Å²) in [7, 11) is 1.41. The molecular formula is C20H15F2N3O4. The van der Waals surface area contributed by atoms with E-state index in [1.807, 2.05) is 0 Å². The minimum Gasteiger partial charge on any atom is -0.497 e. The maximum absolute atomic E-state index is 14.1. The molecule has 7 nitrogen and oxygen atoms in total. The van der Waals surface area contributed by atoms with Gasteiger partial charge in [-0.05, 0) is 24.3 Å². The Bertz CT molecular complexity index is 1290. The monoisotopic (exact) mass is 399 g/mol. The number of halogens is 2.